The second-order valence-electron chi connectivity index (χ2n) is 4.21. The van der Waals surface area contributed by atoms with Crippen molar-refractivity contribution in [3.8, 4) is 0 Å². The quantitative estimate of drug-likeness (QED) is 0.583. The summed E-state index contributed by atoms with van der Waals surface area (Å²) < 4.78 is 9.94. The van der Waals surface area contributed by atoms with Crippen LogP contribution in [-0.4, -0.2) is 36.0 Å². The van der Waals surface area contributed by atoms with Crippen molar-refractivity contribution in [3.63, 3.8) is 0 Å². The molecule has 0 spiro atoms. The van der Waals surface area contributed by atoms with Gasteiger partial charge in [0.25, 0.3) is 0 Å². The third-order valence-corrected chi connectivity index (χ3v) is 2.44. The van der Waals surface area contributed by atoms with Gasteiger partial charge in [-0.05, 0) is 39.0 Å². The van der Waals surface area contributed by atoms with Crippen molar-refractivity contribution in [3.05, 3.63) is 30.2 Å². The fourth-order valence-electron chi connectivity index (χ4n) is 1.50. The fraction of sp³-hybridized carbons (Fsp3) is 0.429. The molecule has 0 saturated heterocycles. The molecule has 0 aliphatic carbocycles. The Bertz CT molecular complexity index is 434. The topological polar surface area (TPSA) is 59.8 Å². The van der Waals surface area contributed by atoms with E-state index in [1.165, 1.54) is 17.2 Å². The van der Waals surface area contributed by atoms with E-state index in [0.717, 1.165) is 0 Å². The van der Waals surface area contributed by atoms with E-state index < -0.39 is 5.97 Å². The Hall–Kier alpha value is -2.04. The zero-order valence-corrected chi connectivity index (χ0v) is 11.5. The largest absolute Gasteiger partial charge is 0.465 e. The van der Waals surface area contributed by atoms with Gasteiger partial charge in [0.1, 0.15) is 12.3 Å². The average molecular weight is 265 g/mol. The molecule has 1 rings (SSSR count). The maximum atomic E-state index is 12.0. The number of amides is 1. The van der Waals surface area contributed by atoms with Gasteiger partial charge < -0.3 is 14.1 Å². The molecule has 0 atom stereocenters. The maximum Gasteiger partial charge on any atom is 0.325 e. The lowest BCUT2D eigenvalue weighted by Gasteiger charge is -2.24. The van der Waals surface area contributed by atoms with Gasteiger partial charge in [-0.25, -0.2) is 0 Å². The number of esters is 1. The van der Waals surface area contributed by atoms with E-state index in [1.807, 2.05) is 13.8 Å². The molecule has 19 heavy (non-hydrogen) atoms. The van der Waals surface area contributed by atoms with Crippen LogP contribution in [0.4, 0.5) is 0 Å². The normalized spacial score (nSPS) is 10.9. The highest BCUT2D eigenvalue weighted by atomic mass is 16.5. The van der Waals surface area contributed by atoms with Gasteiger partial charge >= 0.3 is 5.97 Å². The molecule has 1 aromatic heterocycles. The van der Waals surface area contributed by atoms with Crippen LogP contribution in [0.3, 0.4) is 0 Å². The molecule has 1 heterocycles. The van der Waals surface area contributed by atoms with Crippen molar-refractivity contribution >= 4 is 18.0 Å². The minimum Gasteiger partial charge on any atom is -0.465 e. The lowest BCUT2D eigenvalue weighted by molar-refractivity contribution is -0.148. The first-order valence-electron chi connectivity index (χ1n) is 6.22. The Labute approximate surface area is 112 Å². The van der Waals surface area contributed by atoms with Crippen LogP contribution < -0.4 is 0 Å². The van der Waals surface area contributed by atoms with Crippen molar-refractivity contribution < 1.29 is 18.7 Å². The van der Waals surface area contributed by atoms with Gasteiger partial charge in [-0.1, -0.05) is 0 Å². The minimum atomic E-state index is -0.407. The Morgan fingerprint density at radius 2 is 2.21 bits per heavy atom. The summed E-state index contributed by atoms with van der Waals surface area (Å²) in [7, 11) is 0. The lowest BCUT2D eigenvalue weighted by atomic mass is 10.3. The smallest absolute Gasteiger partial charge is 0.325 e. The Morgan fingerprint density at radius 1 is 1.47 bits per heavy atom. The predicted molar refractivity (Wildman–Crippen MR) is 71.2 cm³/mol. The van der Waals surface area contributed by atoms with Crippen molar-refractivity contribution in [1.82, 2.24) is 4.90 Å². The number of rotatable bonds is 6. The first-order chi connectivity index (χ1) is 9.04. The number of carbonyl (C=O) groups excluding carboxylic acids is 2. The number of ether oxygens (including phenoxy) is 1. The summed E-state index contributed by atoms with van der Waals surface area (Å²) in [5.74, 6) is -0.0661. The summed E-state index contributed by atoms with van der Waals surface area (Å²) >= 11 is 0. The van der Waals surface area contributed by atoms with Gasteiger partial charge in [-0.3, -0.25) is 9.59 Å². The monoisotopic (exact) mass is 265 g/mol. The molecule has 0 bridgehead atoms. The number of hydrogen-bond acceptors (Lipinski definition) is 4. The van der Waals surface area contributed by atoms with E-state index in [4.69, 9.17) is 9.15 Å². The summed E-state index contributed by atoms with van der Waals surface area (Å²) in [4.78, 5) is 24.9. The Kier molecular flexibility index (Phi) is 5.85. The second-order valence-corrected chi connectivity index (χ2v) is 4.21. The van der Waals surface area contributed by atoms with Crippen molar-refractivity contribution in [1.29, 1.82) is 0 Å². The van der Waals surface area contributed by atoms with Crippen LogP contribution in [0.5, 0.6) is 0 Å². The van der Waals surface area contributed by atoms with Gasteiger partial charge in [0, 0.05) is 12.1 Å². The van der Waals surface area contributed by atoms with Gasteiger partial charge in [-0.2, -0.15) is 0 Å². The molecule has 0 aliphatic rings. The number of carbonyl (C=O) groups is 2. The molecule has 0 aliphatic heterocycles. The van der Waals surface area contributed by atoms with Gasteiger partial charge in [0.2, 0.25) is 5.91 Å². The zero-order valence-electron chi connectivity index (χ0n) is 11.5. The van der Waals surface area contributed by atoms with E-state index in [9.17, 15) is 9.59 Å². The Balaban J connectivity index is 2.65. The lowest BCUT2D eigenvalue weighted by Crippen LogP contribution is -2.40. The molecule has 0 radical (unpaired) electrons. The first kappa shape index (κ1) is 15.0. The molecule has 0 fully saturated rings. The molecule has 0 unspecified atom stereocenters. The van der Waals surface area contributed by atoms with E-state index >= 15 is 0 Å². The van der Waals surface area contributed by atoms with E-state index in [2.05, 4.69) is 0 Å². The molecular weight excluding hydrogens is 246 g/mol. The molecule has 0 saturated carbocycles. The molecule has 0 N–H and O–H groups in total. The van der Waals surface area contributed by atoms with Gasteiger partial charge in [0.05, 0.1) is 12.9 Å². The third-order valence-electron chi connectivity index (χ3n) is 2.44. The maximum absolute atomic E-state index is 12.0. The molecule has 1 aromatic rings. The van der Waals surface area contributed by atoms with Crippen LogP contribution in [0.1, 0.15) is 26.5 Å². The third kappa shape index (κ3) is 4.99. The van der Waals surface area contributed by atoms with Crippen molar-refractivity contribution in [2.45, 2.75) is 26.8 Å². The number of hydrogen-bond donors (Lipinski definition) is 0. The van der Waals surface area contributed by atoms with Crippen LogP contribution in [-0.2, 0) is 14.3 Å². The van der Waals surface area contributed by atoms with E-state index in [1.54, 1.807) is 25.1 Å². The highest BCUT2D eigenvalue weighted by Crippen LogP contribution is 2.05. The van der Waals surface area contributed by atoms with Crippen molar-refractivity contribution in [2.24, 2.45) is 0 Å². The SMILES string of the molecule is CCOC(=O)CN(C(=O)/C=C\c1ccco1)C(C)C. The highest BCUT2D eigenvalue weighted by Gasteiger charge is 2.18. The van der Waals surface area contributed by atoms with Crippen LogP contribution in [0.2, 0.25) is 0 Å². The predicted octanol–water partition coefficient (Wildman–Crippen LogP) is 2.09. The summed E-state index contributed by atoms with van der Waals surface area (Å²) in [6, 6.07) is 3.40. The molecule has 104 valence electrons. The first-order valence-corrected chi connectivity index (χ1v) is 6.22. The molecule has 0 aromatic carbocycles. The van der Waals surface area contributed by atoms with Crippen LogP contribution >= 0.6 is 0 Å². The van der Waals surface area contributed by atoms with E-state index in [-0.39, 0.29) is 18.5 Å². The summed E-state index contributed by atoms with van der Waals surface area (Å²) in [5, 5.41) is 0. The fourth-order valence-corrected chi connectivity index (χ4v) is 1.50. The molecular formula is C14H19NO4. The molecule has 1 amide bonds. The summed E-state index contributed by atoms with van der Waals surface area (Å²) in [6.07, 6.45) is 4.49. The summed E-state index contributed by atoms with van der Waals surface area (Å²) in [6.45, 7) is 5.68. The number of nitrogens with zero attached hydrogens (tertiary/aromatic N) is 1. The summed E-state index contributed by atoms with van der Waals surface area (Å²) in [5.41, 5.74) is 0. The zero-order chi connectivity index (χ0) is 14.3. The Morgan fingerprint density at radius 3 is 2.74 bits per heavy atom. The van der Waals surface area contributed by atoms with Gasteiger partial charge in [0.15, 0.2) is 0 Å². The van der Waals surface area contributed by atoms with Gasteiger partial charge in [-0.15, -0.1) is 0 Å². The standard InChI is InChI=1S/C14H19NO4/c1-4-18-14(17)10-15(11(2)3)13(16)8-7-12-6-5-9-19-12/h5-9,11H,4,10H2,1-3H3/b8-7-. The molecule has 5 heteroatoms. The van der Waals surface area contributed by atoms with Crippen LogP contribution in [0.15, 0.2) is 28.9 Å². The minimum absolute atomic E-state index is 0.0488. The van der Waals surface area contributed by atoms with Crippen LogP contribution in [0.25, 0.3) is 6.08 Å². The highest BCUT2D eigenvalue weighted by molar-refractivity contribution is 5.93. The number of furan rings is 1. The molecule has 5 nitrogen and oxygen atoms in total. The van der Waals surface area contributed by atoms with Crippen LogP contribution in [0, 0.1) is 0 Å². The average Bonchev–Trinajstić information content (AvgIpc) is 2.86. The second kappa shape index (κ2) is 7.41. The van der Waals surface area contributed by atoms with E-state index in [0.29, 0.717) is 12.4 Å². The van der Waals surface area contributed by atoms with Crippen molar-refractivity contribution in [2.75, 3.05) is 13.2 Å².